The molecule has 0 saturated heterocycles. The Morgan fingerprint density at radius 2 is 1.64 bits per heavy atom. The van der Waals surface area contributed by atoms with Crippen LogP contribution in [0.4, 0.5) is 0 Å². The number of hydrogen-bond acceptors (Lipinski definition) is 4. The van der Waals surface area contributed by atoms with E-state index in [9.17, 15) is 20.4 Å². The summed E-state index contributed by atoms with van der Waals surface area (Å²) >= 11 is 0. The van der Waals surface area contributed by atoms with Crippen LogP contribution in [0.25, 0.3) is 0 Å². The molecule has 0 radical (unpaired) electrons. The van der Waals surface area contributed by atoms with E-state index in [1.807, 2.05) is 13.8 Å². The van der Waals surface area contributed by atoms with E-state index in [4.69, 9.17) is 0 Å². The highest BCUT2D eigenvalue weighted by molar-refractivity contribution is 5.33. The fourth-order valence-corrected chi connectivity index (χ4v) is 8.66. The normalized spacial score (nSPS) is 44.0. The number of allylic oxidation sites excluding steroid dienone is 2. The molecule has 188 valence electrons. The summed E-state index contributed by atoms with van der Waals surface area (Å²) in [6.45, 7) is 13.8. The maximum atomic E-state index is 11.3. The van der Waals surface area contributed by atoms with E-state index in [1.165, 1.54) is 17.6 Å². The van der Waals surface area contributed by atoms with Gasteiger partial charge in [0.25, 0.3) is 0 Å². The van der Waals surface area contributed by atoms with Gasteiger partial charge in [-0.3, -0.25) is 0 Å². The fraction of sp³-hybridized carbons (Fsp3) is 0.862. The van der Waals surface area contributed by atoms with Crippen LogP contribution in [0.3, 0.4) is 0 Å². The van der Waals surface area contributed by atoms with Gasteiger partial charge in [0.15, 0.2) is 0 Å². The van der Waals surface area contributed by atoms with Crippen LogP contribution < -0.4 is 0 Å². The van der Waals surface area contributed by atoms with E-state index < -0.39 is 23.2 Å². The molecule has 0 bridgehead atoms. The molecule has 33 heavy (non-hydrogen) atoms. The summed E-state index contributed by atoms with van der Waals surface area (Å²) in [5.74, 6) is 1.48. The van der Waals surface area contributed by atoms with E-state index in [1.54, 1.807) is 20.8 Å². The molecule has 4 rings (SSSR count). The summed E-state index contributed by atoms with van der Waals surface area (Å²) in [4.78, 5) is 0. The Morgan fingerprint density at radius 1 is 1.03 bits per heavy atom. The van der Waals surface area contributed by atoms with Gasteiger partial charge in [0.1, 0.15) is 6.10 Å². The molecule has 0 aromatic carbocycles. The molecule has 0 aromatic heterocycles. The molecule has 0 aliphatic heterocycles. The van der Waals surface area contributed by atoms with Crippen molar-refractivity contribution in [2.24, 2.45) is 34.5 Å². The highest BCUT2D eigenvalue weighted by atomic mass is 16.3. The fourth-order valence-electron chi connectivity index (χ4n) is 8.66. The van der Waals surface area contributed by atoms with Crippen molar-refractivity contribution in [3.8, 4) is 0 Å². The quantitative estimate of drug-likeness (QED) is 0.438. The Morgan fingerprint density at radius 3 is 2.27 bits per heavy atom. The lowest BCUT2D eigenvalue weighted by molar-refractivity contribution is -0.138. The largest absolute Gasteiger partial charge is 0.393 e. The predicted octanol–water partition coefficient (Wildman–Crippen LogP) is 5.15. The van der Waals surface area contributed by atoms with Crippen molar-refractivity contribution in [3.63, 3.8) is 0 Å². The molecule has 4 heteroatoms. The topological polar surface area (TPSA) is 80.9 Å². The molecule has 4 aliphatic carbocycles. The van der Waals surface area contributed by atoms with E-state index in [0.717, 1.165) is 50.5 Å². The molecule has 9 atom stereocenters. The monoisotopic (exact) mass is 460 g/mol. The van der Waals surface area contributed by atoms with Crippen molar-refractivity contribution >= 4 is 0 Å². The summed E-state index contributed by atoms with van der Waals surface area (Å²) in [7, 11) is 0. The van der Waals surface area contributed by atoms with Crippen molar-refractivity contribution < 1.29 is 20.4 Å². The van der Waals surface area contributed by atoms with Crippen LogP contribution in [0.1, 0.15) is 99.8 Å². The maximum absolute atomic E-state index is 11.3. The van der Waals surface area contributed by atoms with Gasteiger partial charge in [-0.15, -0.1) is 0 Å². The van der Waals surface area contributed by atoms with E-state index in [0.29, 0.717) is 17.8 Å². The van der Waals surface area contributed by atoms with Gasteiger partial charge in [-0.2, -0.15) is 0 Å². The van der Waals surface area contributed by atoms with E-state index >= 15 is 0 Å². The average molecular weight is 461 g/mol. The lowest BCUT2D eigenvalue weighted by Crippen LogP contribution is -2.53. The minimum absolute atomic E-state index is 0.0656. The summed E-state index contributed by atoms with van der Waals surface area (Å²) < 4.78 is 0. The third-order valence-corrected chi connectivity index (χ3v) is 11.2. The zero-order valence-electron chi connectivity index (χ0n) is 22.0. The Bertz CT molecular complexity index is 833. The SMILES string of the molecule is C/C(=C1/CCC2C3CC=C4C[C@@H](O)CC[C@]4(C)C3CC[C@]12C)[C@H](O)[C@](C)(O)[C@H](C)C(C)(C)O. The predicted molar refractivity (Wildman–Crippen MR) is 133 cm³/mol. The summed E-state index contributed by atoms with van der Waals surface area (Å²) in [5, 5.41) is 43.4. The van der Waals surface area contributed by atoms with Crippen molar-refractivity contribution in [1.29, 1.82) is 0 Å². The number of fused-ring (bicyclic) bond motifs is 5. The molecule has 0 amide bonds. The van der Waals surface area contributed by atoms with Crippen molar-refractivity contribution in [3.05, 3.63) is 22.8 Å². The third-order valence-electron chi connectivity index (χ3n) is 11.2. The first kappa shape index (κ1) is 25.4. The second-order valence-electron chi connectivity index (χ2n) is 13.3. The minimum Gasteiger partial charge on any atom is -0.393 e. The van der Waals surface area contributed by atoms with Gasteiger partial charge < -0.3 is 20.4 Å². The van der Waals surface area contributed by atoms with Crippen LogP contribution in [0.15, 0.2) is 22.8 Å². The third kappa shape index (κ3) is 3.88. The Balaban J connectivity index is 1.63. The molecule has 3 unspecified atom stereocenters. The van der Waals surface area contributed by atoms with Gasteiger partial charge in [0, 0.05) is 5.92 Å². The number of aliphatic hydroxyl groups is 4. The van der Waals surface area contributed by atoms with Gasteiger partial charge >= 0.3 is 0 Å². The average Bonchev–Trinajstić information content (AvgIpc) is 3.09. The zero-order valence-corrected chi connectivity index (χ0v) is 22.0. The molecule has 0 heterocycles. The summed E-state index contributed by atoms with van der Waals surface area (Å²) in [6.07, 6.45) is 9.78. The number of aliphatic hydroxyl groups excluding tert-OH is 2. The molecule has 4 nitrogen and oxygen atoms in total. The molecule has 0 spiro atoms. The highest BCUT2D eigenvalue weighted by Crippen LogP contribution is 2.66. The Labute approximate surface area is 201 Å². The van der Waals surface area contributed by atoms with Gasteiger partial charge in [0.05, 0.1) is 17.3 Å². The van der Waals surface area contributed by atoms with Crippen LogP contribution in [-0.2, 0) is 0 Å². The minimum atomic E-state index is -1.40. The second-order valence-corrected chi connectivity index (χ2v) is 13.3. The van der Waals surface area contributed by atoms with Crippen LogP contribution in [0.2, 0.25) is 0 Å². The summed E-state index contributed by atoms with van der Waals surface area (Å²) in [5.41, 5.74) is 1.58. The van der Waals surface area contributed by atoms with Crippen LogP contribution in [-0.4, -0.2) is 43.8 Å². The van der Waals surface area contributed by atoms with Crippen LogP contribution >= 0.6 is 0 Å². The van der Waals surface area contributed by atoms with Gasteiger partial charge in [-0.05, 0) is 113 Å². The first-order valence-electron chi connectivity index (χ1n) is 13.3. The van der Waals surface area contributed by atoms with Crippen molar-refractivity contribution in [1.82, 2.24) is 0 Å². The Hall–Kier alpha value is -0.680. The lowest BCUT2D eigenvalue weighted by atomic mass is 9.47. The maximum Gasteiger partial charge on any atom is 0.104 e. The molecule has 4 N–H and O–H groups in total. The molecule has 3 saturated carbocycles. The molecule has 4 aliphatic rings. The zero-order chi connectivity index (χ0) is 24.6. The first-order chi connectivity index (χ1) is 15.1. The van der Waals surface area contributed by atoms with E-state index in [2.05, 4.69) is 19.9 Å². The van der Waals surface area contributed by atoms with Crippen LogP contribution in [0, 0.1) is 34.5 Å². The van der Waals surface area contributed by atoms with Gasteiger partial charge in [-0.25, -0.2) is 0 Å². The molecule has 3 fully saturated rings. The standard InChI is InChI=1S/C29H48O4/c1-17(25(31)29(7,33)18(2)26(3,4)32)22-10-11-23-21-9-8-19-16-20(30)12-14-27(19,5)24(21)13-15-28(22,23)6/h8,18,20-21,23-25,30-33H,9-16H2,1-7H3/b22-17+/t18-,20+,21?,23?,24?,25+,27+,28-,29-/m1/s1. The number of rotatable bonds is 4. The second kappa shape index (κ2) is 8.18. The molecule has 0 aromatic rings. The lowest BCUT2D eigenvalue weighted by Gasteiger charge is -2.57. The summed E-state index contributed by atoms with van der Waals surface area (Å²) in [6, 6.07) is 0. The van der Waals surface area contributed by atoms with E-state index in [-0.39, 0.29) is 16.9 Å². The number of hydrogen-bond donors (Lipinski definition) is 4. The highest BCUT2D eigenvalue weighted by Gasteiger charge is 2.58. The first-order valence-corrected chi connectivity index (χ1v) is 13.3. The van der Waals surface area contributed by atoms with Crippen LogP contribution in [0.5, 0.6) is 0 Å². The smallest absolute Gasteiger partial charge is 0.104 e. The van der Waals surface area contributed by atoms with Crippen molar-refractivity contribution in [2.75, 3.05) is 0 Å². The van der Waals surface area contributed by atoms with Gasteiger partial charge in [-0.1, -0.05) is 38.0 Å². The van der Waals surface area contributed by atoms with Crippen molar-refractivity contribution in [2.45, 2.75) is 123 Å². The molecular weight excluding hydrogens is 412 g/mol. The van der Waals surface area contributed by atoms with Gasteiger partial charge in [0.2, 0.25) is 0 Å². The Kier molecular flexibility index (Phi) is 6.30. The molecular formula is C29H48O4.